The molecule has 9 heteroatoms. The van der Waals surface area contributed by atoms with E-state index < -0.39 is 10.0 Å². The molecule has 2 aromatic carbocycles. The Bertz CT molecular complexity index is 1410. The number of halogens is 1. The number of rotatable bonds is 6. The van der Waals surface area contributed by atoms with Crippen LogP contribution in [-0.4, -0.2) is 20.6 Å². The third kappa shape index (κ3) is 4.99. The molecule has 0 saturated carbocycles. The van der Waals surface area contributed by atoms with Crippen molar-refractivity contribution in [2.45, 2.75) is 19.3 Å². The predicted octanol–water partition coefficient (Wildman–Crippen LogP) is 6.57. The summed E-state index contributed by atoms with van der Waals surface area (Å²) < 4.78 is 26.3. The fraction of sp³-hybridized carbons (Fsp3) is 0.174. The number of carbonyl (C=O) groups is 1. The zero-order valence-electron chi connectivity index (χ0n) is 17.6. The first-order valence-corrected chi connectivity index (χ1v) is 13.7. The largest absolute Gasteiger partial charge is 0.321 e. The van der Waals surface area contributed by atoms with Crippen molar-refractivity contribution in [1.29, 1.82) is 0 Å². The maximum absolute atomic E-state index is 12.9. The summed E-state index contributed by atoms with van der Waals surface area (Å²) in [7, 11) is -3.37. The molecule has 0 unspecified atom stereocenters. The zero-order chi connectivity index (χ0) is 23.1. The van der Waals surface area contributed by atoms with Crippen molar-refractivity contribution in [3.63, 3.8) is 0 Å². The average Bonchev–Trinajstić information content (AvgIpc) is 3.36. The Labute approximate surface area is 200 Å². The molecule has 0 radical (unpaired) electrons. The number of fused-ring (bicyclic) bond motifs is 1. The van der Waals surface area contributed by atoms with Gasteiger partial charge in [-0.15, -0.1) is 22.7 Å². The van der Waals surface area contributed by atoms with Crippen LogP contribution in [-0.2, 0) is 15.4 Å². The summed E-state index contributed by atoms with van der Waals surface area (Å²) in [5, 5.41) is 6.34. The standard InChI is InChI=1S/C23H21ClN2O3S3/c1-23(2,21-5-4-8-30-21)15-11-16(24)13-18(12-15)25-22(27)20-10-14-9-17(26-32(3,28)29)6-7-19(14)31-20/h4-13,26H,1-3H3,(H,25,27). The van der Waals surface area contributed by atoms with Gasteiger partial charge in [0.25, 0.3) is 5.91 Å². The number of benzene rings is 2. The second-order valence-corrected chi connectivity index (χ2v) is 12.2. The molecule has 32 heavy (non-hydrogen) atoms. The summed E-state index contributed by atoms with van der Waals surface area (Å²) in [5.41, 5.74) is 1.84. The molecular formula is C23H21ClN2O3S3. The minimum atomic E-state index is -3.37. The first-order chi connectivity index (χ1) is 15.0. The van der Waals surface area contributed by atoms with E-state index in [4.69, 9.17) is 11.6 Å². The van der Waals surface area contributed by atoms with Crippen LogP contribution in [0.15, 0.2) is 60.0 Å². The van der Waals surface area contributed by atoms with Crippen molar-refractivity contribution < 1.29 is 13.2 Å². The SMILES string of the molecule is CC(C)(c1cc(Cl)cc(NC(=O)c2cc3cc(NS(C)(=O)=O)ccc3s2)c1)c1cccs1. The molecule has 0 spiro atoms. The van der Waals surface area contributed by atoms with E-state index in [1.807, 2.05) is 23.6 Å². The maximum atomic E-state index is 12.9. The monoisotopic (exact) mass is 504 g/mol. The van der Waals surface area contributed by atoms with Crippen molar-refractivity contribution in [2.24, 2.45) is 0 Å². The number of nitrogens with one attached hydrogen (secondary N) is 2. The van der Waals surface area contributed by atoms with Crippen LogP contribution in [0.3, 0.4) is 0 Å². The van der Waals surface area contributed by atoms with Gasteiger partial charge >= 0.3 is 0 Å². The normalized spacial score (nSPS) is 12.1. The predicted molar refractivity (Wildman–Crippen MR) is 136 cm³/mol. The lowest BCUT2D eigenvalue weighted by Gasteiger charge is -2.25. The summed E-state index contributed by atoms with van der Waals surface area (Å²) in [6, 6.07) is 16.7. The van der Waals surface area contributed by atoms with Crippen LogP contribution in [0.25, 0.3) is 10.1 Å². The number of thiophene rings is 2. The van der Waals surface area contributed by atoms with Gasteiger partial charge in [-0.2, -0.15) is 0 Å². The Morgan fingerprint density at radius 1 is 1.03 bits per heavy atom. The number of hydrogen-bond acceptors (Lipinski definition) is 5. The molecule has 0 aliphatic heterocycles. The van der Waals surface area contributed by atoms with Crippen molar-refractivity contribution in [2.75, 3.05) is 16.3 Å². The summed E-state index contributed by atoms with van der Waals surface area (Å²) in [6.45, 7) is 4.26. The molecule has 0 saturated heterocycles. The molecule has 0 aliphatic rings. The molecule has 0 fully saturated rings. The van der Waals surface area contributed by atoms with E-state index in [1.165, 1.54) is 16.2 Å². The molecule has 4 rings (SSSR count). The molecule has 0 atom stereocenters. The Kier molecular flexibility index (Phi) is 6.06. The Morgan fingerprint density at radius 3 is 2.50 bits per heavy atom. The van der Waals surface area contributed by atoms with Crippen LogP contribution in [0.2, 0.25) is 5.02 Å². The van der Waals surface area contributed by atoms with E-state index in [2.05, 4.69) is 30.0 Å². The Balaban J connectivity index is 1.60. The summed E-state index contributed by atoms with van der Waals surface area (Å²) in [4.78, 5) is 14.7. The van der Waals surface area contributed by atoms with Gasteiger partial charge in [0.1, 0.15) is 0 Å². The first kappa shape index (κ1) is 22.8. The van der Waals surface area contributed by atoms with Gasteiger partial charge in [0.05, 0.1) is 11.1 Å². The molecule has 0 bridgehead atoms. The second-order valence-electron chi connectivity index (χ2n) is 8.02. The quantitative estimate of drug-likeness (QED) is 0.312. The highest BCUT2D eigenvalue weighted by atomic mass is 35.5. The molecule has 2 heterocycles. The van der Waals surface area contributed by atoms with Crippen molar-refractivity contribution >= 4 is 71.7 Å². The number of sulfonamides is 1. The van der Waals surface area contributed by atoms with Gasteiger partial charge in [0.2, 0.25) is 10.0 Å². The van der Waals surface area contributed by atoms with Crippen LogP contribution in [0.1, 0.15) is 34.0 Å². The third-order valence-electron chi connectivity index (χ3n) is 5.06. The molecule has 1 amide bonds. The van der Waals surface area contributed by atoms with E-state index >= 15 is 0 Å². The van der Waals surface area contributed by atoms with E-state index in [0.717, 1.165) is 21.9 Å². The molecule has 2 aromatic heterocycles. The van der Waals surface area contributed by atoms with E-state index in [-0.39, 0.29) is 11.3 Å². The van der Waals surface area contributed by atoms with Crippen LogP contribution >= 0.6 is 34.3 Å². The molecular weight excluding hydrogens is 484 g/mol. The van der Waals surface area contributed by atoms with E-state index in [1.54, 1.807) is 41.7 Å². The lowest BCUT2D eigenvalue weighted by molar-refractivity contribution is 0.103. The number of anilines is 2. The Hall–Kier alpha value is -2.39. The molecule has 4 aromatic rings. The van der Waals surface area contributed by atoms with Crippen molar-refractivity contribution in [1.82, 2.24) is 0 Å². The summed E-state index contributed by atoms with van der Waals surface area (Å²) in [5.74, 6) is -0.244. The number of hydrogen-bond donors (Lipinski definition) is 2. The van der Waals surface area contributed by atoms with Gasteiger partial charge in [0, 0.05) is 31.4 Å². The second kappa shape index (κ2) is 8.51. The van der Waals surface area contributed by atoms with Crippen LogP contribution in [0.5, 0.6) is 0 Å². The molecule has 2 N–H and O–H groups in total. The van der Waals surface area contributed by atoms with Gasteiger partial charge in [0.15, 0.2) is 0 Å². The van der Waals surface area contributed by atoms with Gasteiger partial charge in [-0.05, 0) is 64.9 Å². The minimum absolute atomic E-state index is 0.244. The van der Waals surface area contributed by atoms with Crippen LogP contribution in [0.4, 0.5) is 11.4 Å². The highest BCUT2D eigenvalue weighted by molar-refractivity contribution is 7.92. The topological polar surface area (TPSA) is 75.3 Å². The van der Waals surface area contributed by atoms with Gasteiger partial charge in [-0.1, -0.05) is 31.5 Å². The Morgan fingerprint density at radius 2 is 1.81 bits per heavy atom. The lowest BCUT2D eigenvalue weighted by Crippen LogP contribution is -2.18. The fourth-order valence-electron chi connectivity index (χ4n) is 3.42. The van der Waals surface area contributed by atoms with Gasteiger partial charge in [-0.25, -0.2) is 8.42 Å². The van der Waals surface area contributed by atoms with Crippen LogP contribution < -0.4 is 10.0 Å². The molecule has 166 valence electrons. The smallest absolute Gasteiger partial charge is 0.265 e. The number of carbonyl (C=O) groups excluding carboxylic acids is 1. The fourth-order valence-corrected chi connectivity index (χ4v) is 6.03. The van der Waals surface area contributed by atoms with Crippen molar-refractivity contribution in [3.05, 3.63) is 80.3 Å². The number of amides is 1. The van der Waals surface area contributed by atoms with Gasteiger partial charge in [-0.3, -0.25) is 9.52 Å². The average molecular weight is 505 g/mol. The zero-order valence-corrected chi connectivity index (χ0v) is 20.8. The summed E-state index contributed by atoms with van der Waals surface area (Å²) in [6.07, 6.45) is 1.10. The van der Waals surface area contributed by atoms with Crippen LogP contribution in [0, 0.1) is 0 Å². The summed E-state index contributed by atoms with van der Waals surface area (Å²) >= 11 is 9.41. The molecule has 0 aliphatic carbocycles. The van der Waals surface area contributed by atoms with E-state index in [9.17, 15) is 13.2 Å². The third-order valence-corrected chi connectivity index (χ3v) is 8.19. The highest BCUT2D eigenvalue weighted by Gasteiger charge is 2.25. The van der Waals surface area contributed by atoms with E-state index in [0.29, 0.717) is 21.3 Å². The first-order valence-electron chi connectivity index (χ1n) is 9.69. The molecule has 5 nitrogen and oxygen atoms in total. The maximum Gasteiger partial charge on any atom is 0.265 e. The van der Waals surface area contributed by atoms with Crippen molar-refractivity contribution in [3.8, 4) is 0 Å². The minimum Gasteiger partial charge on any atom is -0.321 e. The van der Waals surface area contributed by atoms with Gasteiger partial charge < -0.3 is 5.32 Å². The highest BCUT2D eigenvalue weighted by Crippen LogP contribution is 2.37. The lowest BCUT2D eigenvalue weighted by atomic mass is 9.83.